The van der Waals surface area contributed by atoms with Crippen molar-refractivity contribution in [2.24, 2.45) is 0 Å². The highest BCUT2D eigenvalue weighted by atomic mass is 79.9. The van der Waals surface area contributed by atoms with E-state index < -0.39 is 0 Å². The molecule has 3 heteroatoms. The molecular weight excluding hydrogens is 314 g/mol. The number of aromatic nitrogens is 1. The zero-order valence-corrected chi connectivity index (χ0v) is 12.3. The van der Waals surface area contributed by atoms with Gasteiger partial charge in [-0.15, -0.1) is 0 Å². The molecule has 0 fully saturated rings. The van der Waals surface area contributed by atoms with Gasteiger partial charge in [0.1, 0.15) is 0 Å². The number of halogens is 1. The first kappa shape index (κ1) is 13.0. The molecule has 0 N–H and O–H groups in total. The molecule has 0 saturated carbocycles. The van der Waals surface area contributed by atoms with Crippen molar-refractivity contribution in [2.45, 2.75) is 6.42 Å². The van der Waals surface area contributed by atoms with Crippen molar-refractivity contribution in [3.63, 3.8) is 0 Å². The van der Waals surface area contributed by atoms with Crippen molar-refractivity contribution in [1.82, 2.24) is 4.98 Å². The van der Waals surface area contributed by atoms with Crippen LogP contribution < -0.4 is 0 Å². The fourth-order valence-corrected chi connectivity index (χ4v) is 2.70. The molecular formula is C17H12BrNO. The summed E-state index contributed by atoms with van der Waals surface area (Å²) in [6, 6.07) is 17.4. The maximum atomic E-state index is 12.5. The molecule has 0 atom stereocenters. The summed E-state index contributed by atoms with van der Waals surface area (Å²) in [6.07, 6.45) is 2.10. The van der Waals surface area contributed by atoms with Crippen LogP contribution >= 0.6 is 15.9 Å². The van der Waals surface area contributed by atoms with Gasteiger partial charge in [0.2, 0.25) is 0 Å². The van der Waals surface area contributed by atoms with E-state index in [0.717, 1.165) is 20.9 Å². The van der Waals surface area contributed by atoms with Gasteiger partial charge in [0.15, 0.2) is 5.78 Å². The van der Waals surface area contributed by atoms with Crippen LogP contribution in [-0.4, -0.2) is 10.8 Å². The van der Waals surface area contributed by atoms with Gasteiger partial charge in [0.25, 0.3) is 0 Å². The Labute approximate surface area is 125 Å². The predicted octanol–water partition coefficient (Wildman–Crippen LogP) is 4.42. The maximum Gasteiger partial charge on any atom is 0.169 e. The van der Waals surface area contributed by atoms with Gasteiger partial charge in [0, 0.05) is 28.0 Å². The second kappa shape index (κ2) is 5.55. The number of fused-ring (bicyclic) bond motifs is 1. The van der Waals surface area contributed by atoms with Crippen molar-refractivity contribution >= 4 is 32.6 Å². The highest BCUT2D eigenvalue weighted by molar-refractivity contribution is 9.10. The number of rotatable bonds is 3. The Hall–Kier alpha value is -2.00. The number of hydrogen-bond donors (Lipinski definition) is 0. The van der Waals surface area contributed by atoms with Crippen molar-refractivity contribution in [3.8, 4) is 0 Å². The van der Waals surface area contributed by atoms with E-state index in [1.165, 1.54) is 0 Å². The highest BCUT2D eigenvalue weighted by Crippen LogP contribution is 2.19. The second-order valence-corrected chi connectivity index (χ2v) is 5.53. The molecule has 2 aromatic carbocycles. The Morgan fingerprint density at radius 2 is 1.85 bits per heavy atom. The maximum absolute atomic E-state index is 12.5. The summed E-state index contributed by atoms with van der Waals surface area (Å²) < 4.78 is 0.985. The molecule has 0 spiro atoms. The molecule has 0 radical (unpaired) electrons. The van der Waals surface area contributed by atoms with E-state index in [-0.39, 0.29) is 5.78 Å². The number of hydrogen-bond acceptors (Lipinski definition) is 2. The van der Waals surface area contributed by atoms with E-state index in [9.17, 15) is 4.79 Å². The van der Waals surface area contributed by atoms with Crippen LogP contribution in [0.5, 0.6) is 0 Å². The molecule has 0 amide bonds. The molecule has 0 aliphatic carbocycles. The lowest BCUT2D eigenvalue weighted by molar-refractivity contribution is 0.0994. The van der Waals surface area contributed by atoms with Crippen LogP contribution in [0.4, 0.5) is 0 Å². The van der Waals surface area contributed by atoms with Crippen LogP contribution in [0.3, 0.4) is 0 Å². The minimum atomic E-state index is 0.0902. The first-order chi connectivity index (χ1) is 9.74. The molecule has 3 rings (SSSR count). The van der Waals surface area contributed by atoms with Crippen LogP contribution in [0.2, 0.25) is 0 Å². The minimum absolute atomic E-state index is 0.0902. The second-order valence-electron chi connectivity index (χ2n) is 4.61. The Morgan fingerprint density at radius 1 is 1.05 bits per heavy atom. The molecule has 20 heavy (non-hydrogen) atoms. The SMILES string of the molecule is O=C(Cc1cccc(Br)c1)c1cccc2cccnc12. The molecule has 0 unspecified atom stereocenters. The summed E-state index contributed by atoms with van der Waals surface area (Å²) in [4.78, 5) is 16.8. The molecule has 3 aromatic rings. The van der Waals surface area contributed by atoms with Crippen molar-refractivity contribution in [1.29, 1.82) is 0 Å². The number of ketones is 1. The molecule has 0 bridgehead atoms. The third-order valence-corrected chi connectivity index (χ3v) is 3.68. The average Bonchev–Trinajstić information content (AvgIpc) is 2.46. The van der Waals surface area contributed by atoms with Crippen LogP contribution in [-0.2, 0) is 6.42 Å². The van der Waals surface area contributed by atoms with Gasteiger partial charge < -0.3 is 0 Å². The molecule has 98 valence electrons. The summed E-state index contributed by atoms with van der Waals surface area (Å²) in [5.74, 6) is 0.0902. The van der Waals surface area contributed by atoms with E-state index in [1.54, 1.807) is 6.20 Å². The summed E-state index contributed by atoms with van der Waals surface area (Å²) in [7, 11) is 0. The third kappa shape index (κ3) is 2.63. The Balaban J connectivity index is 1.97. The van der Waals surface area contributed by atoms with Crippen molar-refractivity contribution in [2.75, 3.05) is 0 Å². The van der Waals surface area contributed by atoms with Gasteiger partial charge in [-0.05, 0) is 29.8 Å². The number of Topliss-reactive ketones (excluding diaryl/α,β-unsaturated/α-hetero) is 1. The molecule has 0 aliphatic heterocycles. The summed E-state index contributed by atoms with van der Waals surface area (Å²) in [6.45, 7) is 0. The van der Waals surface area contributed by atoms with E-state index in [4.69, 9.17) is 0 Å². The van der Waals surface area contributed by atoms with E-state index >= 15 is 0 Å². The largest absolute Gasteiger partial charge is 0.294 e. The Bertz CT molecular complexity index is 777. The zero-order chi connectivity index (χ0) is 13.9. The van der Waals surface area contributed by atoms with Crippen LogP contribution in [0.15, 0.2) is 65.3 Å². The molecule has 1 aromatic heterocycles. The van der Waals surface area contributed by atoms with E-state index in [1.807, 2.05) is 54.6 Å². The van der Waals surface area contributed by atoms with Gasteiger partial charge >= 0.3 is 0 Å². The highest BCUT2D eigenvalue weighted by Gasteiger charge is 2.11. The van der Waals surface area contributed by atoms with E-state index in [0.29, 0.717) is 12.0 Å². The van der Waals surface area contributed by atoms with Gasteiger partial charge in [-0.25, -0.2) is 0 Å². The number of benzene rings is 2. The lowest BCUT2D eigenvalue weighted by atomic mass is 10.0. The number of para-hydroxylation sites is 1. The fourth-order valence-electron chi connectivity index (χ4n) is 2.26. The summed E-state index contributed by atoms with van der Waals surface area (Å²) >= 11 is 3.42. The van der Waals surface area contributed by atoms with Crippen LogP contribution in [0.25, 0.3) is 10.9 Å². The lowest BCUT2D eigenvalue weighted by Crippen LogP contribution is -2.05. The number of carbonyl (C=O) groups is 1. The van der Waals surface area contributed by atoms with Crippen molar-refractivity contribution in [3.05, 3.63) is 76.4 Å². The standard InChI is InChI=1S/C17H12BrNO/c18-14-7-1-4-12(10-14)11-16(20)15-8-2-5-13-6-3-9-19-17(13)15/h1-10H,11H2. The van der Waals surface area contributed by atoms with Crippen molar-refractivity contribution < 1.29 is 4.79 Å². The number of pyridine rings is 1. The quantitative estimate of drug-likeness (QED) is 0.667. The molecule has 1 heterocycles. The topological polar surface area (TPSA) is 30.0 Å². The first-order valence-corrected chi connectivity index (χ1v) is 7.15. The fraction of sp³-hybridized carbons (Fsp3) is 0.0588. The molecule has 0 aliphatic rings. The van der Waals surface area contributed by atoms with Gasteiger partial charge in [0.05, 0.1) is 5.52 Å². The Morgan fingerprint density at radius 3 is 2.70 bits per heavy atom. The first-order valence-electron chi connectivity index (χ1n) is 6.35. The third-order valence-electron chi connectivity index (χ3n) is 3.19. The monoisotopic (exact) mass is 325 g/mol. The Kier molecular flexibility index (Phi) is 3.61. The zero-order valence-electron chi connectivity index (χ0n) is 10.7. The normalized spacial score (nSPS) is 10.7. The average molecular weight is 326 g/mol. The van der Waals surface area contributed by atoms with Gasteiger partial charge in [-0.1, -0.05) is 46.3 Å². The molecule has 2 nitrogen and oxygen atoms in total. The predicted molar refractivity (Wildman–Crippen MR) is 83.9 cm³/mol. The van der Waals surface area contributed by atoms with Crippen LogP contribution in [0, 0.1) is 0 Å². The van der Waals surface area contributed by atoms with Gasteiger partial charge in [-0.2, -0.15) is 0 Å². The molecule has 0 saturated heterocycles. The van der Waals surface area contributed by atoms with E-state index in [2.05, 4.69) is 20.9 Å². The lowest BCUT2D eigenvalue weighted by Gasteiger charge is -2.05. The smallest absolute Gasteiger partial charge is 0.169 e. The number of nitrogens with zero attached hydrogens (tertiary/aromatic N) is 1. The van der Waals surface area contributed by atoms with Crippen LogP contribution in [0.1, 0.15) is 15.9 Å². The summed E-state index contributed by atoms with van der Waals surface area (Å²) in [5.41, 5.74) is 2.45. The van der Waals surface area contributed by atoms with Gasteiger partial charge in [-0.3, -0.25) is 9.78 Å². The minimum Gasteiger partial charge on any atom is -0.294 e. The number of carbonyl (C=O) groups excluding carboxylic acids is 1. The summed E-state index contributed by atoms with van der Waals surface area (Å²) in [5, 5.41) is 0.993.